The van der Waals surface area contributed by atoms with Crippen LogP contribution in [0.3, 0.4) is 0 Å². The molecule has 0 spiro atoms. The van der Waals surface area contributed by atoms with Crippen LogP contribution in [0, 0.1) is 12.7 Å². The lowest BCUT2D eigenvalue weighted by atomic mass is 10.0. The molecule has 2 aromatic carbocycles. The minimum atomic E-state index is -0.454. The van der Waals surface area contributed by atoms with Crippen molar-refractivity contribution in [3.05, 3.63) is 65.4 Å². The Labute approximate surface area is 184 Å². The normalized spacial score (nSPS) is 10.9. The third-order valence-corrected chi connectivity index (χ3v) is 5.16. The van der Waals surface area contributed by atoms with E-state index in [1.54, 1.807) is 25.7 Å². The van der Waals surface area contributed by atoms with Crippen molar-refractivity contribution in [2.45, 2.75) is 20.3 Å². The Morgan fingerprint density at radius 3 is 2.44 bits per heavy atom. The van der Waals surface area contributed by atoms with Gasteiger partial charge in [-0.15, -0.1) is 10.2 Å². The molecule has 4 rings (SSSR count). The van der Waals surface area contributed by atoms with E-state index in [1.807, 2.05) is 25.1 Å². The fourth-order valence-corrected chi connectivity index (χ4v) is 3.52. The molecular formula is C23H22FN5O3. The maximum Gasteiger partial charge on any atom is 0.278 e. The van der Waals surface area contributed by atoms with Gasteiger partial charge in [0.25, 0.3) is 5.91 Å². The second-order valence-electron chi connectivity index (χ2n) is 7.08. The Morgan fingerprint density at radius 1 is 1.06 bits per heavy atom. The van der Waals surface area contributed by atoms with Crippen LogP contribution >= 0.6 is 0 Å². The second-order valence-corrected chi connectivity index (χ2v) is 7.08. The maximum absolute atomic E-state index is 13.1. The lowest BCUT2D eigenvalue weighted by Crippen LogP contribution is -2.18. The summed E-state index contributed by atoms with van der Waals surface area (Å²) in [6.45, 7) is 3.75. The predicted molar refractivity (Wildman–Crippen MR) is 118 cm³/mol. The maximum atomic E-state index is 13.1. The van der Waals surface area contributed by atoms with Crippen LogP contribution in [-0.2, 0) is 6.42 Å². The summed E-state index contributed by atoms with van der Waals surface area (Å²) < 4.78 is 25.5. The molecule has 2 aromatic heterocycles. The largest absolute Gasteiger partial charge is 0.493 e. The van der Waals surface area contributed by atoms with E-state index in [1.165, 1.54) is 24.3 Å². The quantitative estimate of drug-likeness (QED) is 0.491. The van der Waals surface area contributed by atoms with Crippen LogP contribution in [0.15, 0.2) is 42.5 Å². The summed E-state index contributed by atoms with van der Waals surface area (Å²) in [5.74, 6) is 0.371. The fourth-order valence-electron chi connectivity index (χ4n) is 3.52. The van der Waals surface area contributed by atoms with Crippen LogP contribution in [0.1, 0.15) is 28.8 Å². The van der Waals surface area contributed by atoms with Gasteiger partial charge >= 0.3 is 0 Å². The van der Waals surface area contributed by atoms with Crippen LogP contribution in [0.4, 0.5) is 10.1 Å². The third-order valence-electron chi connectivity index (χ3n) is 5.16. The van der Waals surface area contributed by atoms with Gasteiger partial charge in [0.05, 0.1) is 31.2 Å². The number of methoxy groups -OCH3 is 2. The first-order valence-electron chi connectivity index (χ1n) is 10.0. The molecule has 0 fully saturated rings. The SMILES string of the molecule is CCc1nn2c(C)c(C(=O)Nc3ccc(F)cc3)nnc2c1-c1ccc(OC)c(OC)c1. The molecule has 1 amide bonds. The molecule has 4 aromatic rings. The van der Waals surface area contributed by atoms with E-state index in [0.29, 0.717) is 34.9 Å². The standard InChI is InChI=1S/C23H22FN5O3/c1-5-17-20(14-6-11-18(31-3)19(12-14)32-4)22-27-26-21(13(2)29(22)28-17)23(30)25-16-9-7-15(24)8-10-16/h6-12H,5H2,1-4H3,(H,25,30). The molecule has 0 aliphatic heterocycles. The van der Waals surface area contributed by atoms with Gasteiger partial charge in [0, 0.05) is 5.69 Å². The Kier molecular flexibility index (Phi) is 5.72. The van der Waals surface area contributed by atoms with E-state index in [4.69, 9.17) is 9.47 Å². The van der Waals surface area contributed by atoms with Crippen LogP contribution in [0.25, 0.3) is 16.8 Å². The van der Waals surface area contributed by atoms with E-state index in [0.717, 1.165) is 16.8 Å². The highest BCUT2D eigenvalue weighted by atomic mass is 19.1. The Hall–Kier alpha value is -4.01. The van der Waals surface area contributed by atoms with Crippen molar-refractivity contribution in [3.8, 4) is 22.6 Å². The highest BCUT2D eigenvalue weighted by molar-refractivity contribution is 6.03. The molecular weight excluding hydrogens is 413 g/mol. The number of nitrogens with one attached hydrogen (secondary N) is 1. The van der Waals surface area contributed by atoms with E-state index in [-0.39, 0.29) is 11.5 Å². The number of halogens is 1. The number of hydrogen-bond acceptors (Lipinski definition) is 6. The third kappa shape index (κ3) is 3.73. The molecule has 0 saturated carbocycles. The van der Waals surface area contributed by atoms with Crippen LogP contribution < -0.4 is 14.8 Å². The zero-order valence-corrected chi connectivity index (χ0v) is 18.1. The molecule has 164 valence electrons. The highest BCUT2D eigenvalue weighted by Crippen LogP contribution is 2.35. The van der Waals surface area contributed by atoms with Gasteiger partial charge in [0.1, 0.15) is 5.82 Å². The van der Waals surface area contributed by atoms with Crippen molar-refractivity contribution in [1.82, 2.24) is 19.8 Å². The van der Waals surface area contributed by atoms with Gasteiger partial charge in [0.15, 0.2) is 22.8 Å². The van der Waals surface area contributed by atoms with Crippen LogP contribution in [-0.4, -0.2) is 39.9 Å². The van der Waals surface area contributed by atoms with Crippen molar-refractivity contribution in [1.29, 1.82) is 0 Å². The molecule has 0 radical (unpaired) electrons. The molecule has 0 bridgehead atoms. The molecule has 0 aliphatic carbocycles. The van der Waals surface area contributed by atoms with Gasteiger partial charge in [0.2, 0.25) is 0 Å². The fraction of sp³-hybridized carbons (Fsp3) is 0.217. The van der Waals surface area contributed by atoms with Gasteiger partial charge in [-0.2, -0.15) is 5.10 Å². The number of hydrogen-bond donors (Lipinski definition) is 1. The predicted octanol–water partition coefficient (Wildman–Crippen LogP) is 4.07. The van der Waals surface area contributed by atoms with Gasteiger partial charge in [-0.25, -0.2) is 8.91 Å². The lowest BCUT2D eigenvalue weighted by molar-refractivity contribution is 0.102. The number of amides is 1. The number of carbonyl (C=O) groups is 1. The first kappa shape index (κ1) is 21.2. The topological polar surface area (TPSA) is 90.6 Å². The Morgan fingerprint density at radius 2 is 1.78 bits per heavy atom. The van der Waals surface area contributed by atoms with Gasteiger partial charge in [-0.1, -0.05) is 13.0 Å². The van der Waals surface area contributed by atoms with Crippen molar-refractivity contribution >= 4 is 17.2 Å². The number of fused-ring (bicyclic) bond motifs is 1. The molecule has 32 heavy (non-hydrogen) atoms. The molecule has 9 heteroatoms. The van der Waals surface area contributed by atoms with E-state index >= 15 is 0 Å². The Bertz CT molecular complexity index is 1300. The molecule has 1 N–H and O–H groups in total. The summed E-state index contributed by atoms with van der Waals surface area (Å²) in [6.07, 6.45) is 0.656. The molecule has 2 heterocycles. The van der Waals surface area contributed by atoms with Crippen molar-refractivity contribution in [3.63, 3.8) is 0 Å². The summed E-state index contributed by atoms with van der Waals surface area (Å²) in [5, 5.41) is 15.9. The zero-order valence-electron chi connectivity index (χ0n) is 18.1. The number of nitrogens with zero attached hydrogens (tertiary/aromatic N) is 4. The number of rotatable bonds is 6. The number of carbonyl (C=O) groups excluding carboxylic acids is 1. The highest BCUT2D eigenvalue weighted by Gasteiger charge is 2.22. The molecule has 8 nitrogen and oxygen atoms in total. The first-order valence-corrected chi connectivity index (χ1v) is 10.0. The van der Waals surface area contributed by atoms with E-state index in [9.17, 15) is 9.18 Å². The summed E-state index contributed by atoms with van der Waals surface area (Å²) in [5.41, 5.74) is 4.14. The van der Waals surface area contributed by atoms with Crippen LogP contribution in [0.5, 0.6) is 11.5 Å². The van der Waals surface area contributed by atoms with Gasteiger partial charge in [-0.05, 0) is 55.3 Å². The number of aryl methyl sites for hydroxylation is 2. The van der Waals surface area contributed by atoms with Gasteiger partial charge < -0.3 is 14.8 Å². The van der Waals surface area contributed by atoms with Crippen molar-refractivity contribution in [2.24, 2.45) is 0 Å². The number of benzene rings is 2. The average molecular weight is 435 g/mol. The smallest absolute Gasteiger partial charge is 0.278 e. The molecule has 0 atom stereocenters. The second kappa shape index (κ2) is 8.62. The average Bonchev–Trinajstić information content (AvgIpc) is 3.20. The van der Waals surface area contributed by atoms with Crippen LogP contribution in [0.2, 0.25) is 0 Å². The summed E-state index contributed by atoms with van der Waals surface area (Å²) in [6, 6.07) is 11.1. The zero-order chi connectivity index (χ0) is 22.8. The van der Waals surface area contributed by atoms with Gasteiger partial charge in [-0.3, -0.25) is 4.79 Å². The van der Waals surface area contributed by atoms with Crippen molar-refractivity contribution in [2.75, 3.05) is 19.5 Å². The molecule has 0 aliphatic rings. The number of aromatic nitrogens is 4. The van der Waals surface area contributed by atoms with E-state index in [2.05, 4.69) is 20.6 Å². The minimum Gasteiger partial charge on any atom is -0.493 e. The Balaban J connectivity index is 1.78. The minimum absolute atomic E-state index is 0.130. The lowest BCUT2D eigenvalue weighted by Gasteiger charge is -2.10. The summed E-state index contributed by atoms with van der Waals surface area (Å²) >= 11 is 0. The summed E-state index contributed by atoms with van der Waals surface area (Å²) in [4.78, 5) is 12.8. The summed E-state index contributed by atoms with van der Waals surface area (Å²) in [7, 11) is 3.16. The number of ether oxygens (including phenoxy) is 2. The van der Waals surface area contributed by atoms with Crippen molar-refractivity contribution < 1.29 is 18.7 Å². The van der Waals surface area contributed by atoms with E-state index < -0.39 is 5.91 Å². The monoisotopic (exact) mass is 435 g/mol. The molecule has 0 unspecified atom stereocenters. The molecule has 0 saturated heterocycles. The first-order chi connectivity index (χ1) is 15.5. The number of anilines is 1.